The van der Waals surface area contributed by atoms with Crippen molar-refractivity contribution in [3.63, 3.8) is 0 Å². The molecular formula is C19H20N2O3S. The molecule has 6 heteroatoms. The van der Waals surface area contributed by atoms with Gasteiger partial charge >= 0.3 is 0 Å². The normalized spacial score (nSPS) is 13.7. The van der Waals surface area contributed by atoms with Crippen molar-refractivity contribution in [3.8, 4) is 5.75 Å². The number of rotatable bonds is 4. The predicted molar refractivity (Wildman–Crippen MR) is 99.7 cm³/mol. The highest BCUT2D eigenvalue weighted by molar-refractivity contribution is 7.99. The highest BCUT2D eigenvalue weighted by Crippen LogP contribution is 2.27. The minimum atomic E-state index is -0.188. The molecule has 0 fully saturated rings. The average molecular weight is 356 g/mol. The summed E-state index contributed by atoms with van der Waals surface area (Å²) in [7, 11) is 1.74. The van der Waals surface area contributed by atoms with Crippen molar-refractivity contribution in [3.05, 3.63) is 53.6 Å². The van der Waals surface area contributed by atoms with E-state index in [0.29, 0.717) is 35.7 Å². The maximum atomic E-state index is 12.6. The van der Waals surface area contributed by atoms with Crippen molar-refractivity contribution >= 4 is 29.3 Å². The molecule has 0 spiro atoms. The van der Waals surface area contributed by atoms with Crippen molar-refractivity contribution in [2.45, 2.75) is 11.8 Å². The van der Waals surface area contributed by atoms with Gasteiger partial charge in [-0.1, -0.05) is 19.1 Å². The first kappa shape index (κ1) is 17.4. The number of fused-ring (bicyclic) bond motifs is 1. The molecule has 1 N–H and O–H groups in total. The van der Waals surface area contributed by atoms with Gasteiger partial charge in [-0.25, -0.2) is 0 Å². The van der Waals surface area contributed by atoms with E-state index in [0.717, 1.165) is 10.6 Å². The third-order valence-electron chi connectivity index (χ3n) is 3.93. The summed E-state index contributed by atoms with van der Waals surface area (Å²) in [6.07, 6.45) is 0. The van der Waals surface area contributed by atoms with E-state index < -0.39 is 0 Å². The van der Waals surface area contributed by atoms with Crippen LogP contribution in [0.1, 0.15) is 27.6 Å². The average Bonchev–Trinajstić information content (AvgIpc) is 2.75. The van der Waals surface area contributed by atoms with Gasteiger partial charge in [-0.05, 0) is 36.1 Å². The molecule has 0 saturated carbocycles. The van der Waals surface area contributed by atoms with Gasteiger partial charge in [0.25, 0.3) is 11.8 Å². The van der Waals surface area contributed by atoms with Gasteiger partial charge in [0.05, 0.1) is 17.7 Å². The lowest BCUT2D eigenvalue weighted by molar-refractivity contribution is 0.0796. The Morgan fingerprint density at radius 3 is 2.88 bits per heavy atom. The molecule has 0 unspecified atom stereocenters. The Balaban J connectivity index is 1.86. The lowest BCUT2D eigenvalue weighted by Gasteiger charge is -2.14. The molecule has 3 rings (SSSR count). The number of likely N-dealkylation sites (N-methyl/N-ethyl adjacent to an activating group) is 1. The first-order chi connectivity index (χ1) is 12.1. The van der Waals surface area contributed by atoms with Crippen LogP contribution >= 0.6 is 11.8 Å². The monoisotopic (exact) mass is 356 g/mol. The number of nitrogens with zero attached hydrogens (tertiary/aromatic N) is 1. The highest BCUT2D eigenvalue weighted by Gasteiger charge is 2.21. The molecular weight excluding hydrogens is 336 g/mol. The summed E-state index contributed by atoms with van der Waals surface area (Å²) >= 11 is 1.63. The van der Waals surface area contributed by atoms with E-state index in [2.05, 4.69) is 5.32 Å². The second-order valence-electron chi connectivity index (χ2n) is 5.67. The Kier molecular flexibility index (Phi) is 5.28. The van der Waals surface area contributed by atoms with Crippen molar-refractivity contribution in [1.82, 2.24) is 4.90 Å². The summed E-state index contributed by atoms with van der Waals surface area (Å²) in [4.78, 5) is 27.6. The van der Waals surface area contributed by atoms with Gasteiger partial charge in [0.15, 0.2) is 0 Å². The largest absolute Gasteiger partial charge is 0.491 e. The molecule has 1 heterocycles. The van der Waals surface area contributed by atoms with Crippen LogP contribution in [-0.4, -0.2) is 42.7 Å². The van der Waals surface area contributed by atoms with E-state index in [1.807, 2.05) is 25.1 Å². The van der Waals surface area contributed by atoms with Crippen LogP contribution in [0.15, 0.2) is 47.4 Å². The van der Waals surface area contributed by atoms with Crippen LogP contribution in [-0.2, 0) is 0 Å². The van der Waals surface area contributed by atoms with Gasteiger partial charge < -0.3 is 15.0 Å². The minimum Gasteiger partial charge on any atom is -0.491 e. The van der Waals surface area contributed by atoms with Crippen molar-refractivity contribution in [2.24, 2.45) is 0 Å². The number of carbonyl (C=O) groups is 2. The molecule has 130 valence electrons. The van der Waals surface area contributed by atoms with E-state index in [1.54, 1.807) is 48.0 Å². The molecule has 5 nitrogen and oxygen atoms in total. The molecule has 25 heavy (non-hydrogen) atoms. The van der Waals surface area contributed by atoms with Crippen LogP contribution in [0.2, 0.25) is 0 Å². The number of hydrogen-bond acceptors (Lipinski definition) is 4. The lowest BCUT2D eigenvalue weighted by atomic mass is 10.1. The van der Waals surface area contributed by atoms with Crippen LogP contribution in [0.3, 0.4) is 0 Å². The molecule has 0 aromatic heterocycles. The zero-order valence-electron chi connectivity index (χ0n) is 14.2. The number of benzene rings is 2. The highest BCUT2D eigenvalue weighted by atomic mass is 32.2. The molecule has 1 aliphatic heterocycles. The fourth-order valence-electron chi connectivity index (χ4n) is 2.63. The Labute approximate surface area is 151 Å². The van der Waals surface area contributed by atoms with Gasteiger partial charge in [-0.2, -0.15) is 0 Å². The second kappa shape index (κ2) is 7.61. The Hall–Kier alpha value is -2.47. The smallest absolute Gasteiger partial charge is 0.257 e. The summed E-state index contributed by atoms with van der Waals surface area (Å²) in [6.45, 7) is 3.05. The standard InChI is InChI=1S/C19H20N2O3S/c1-3-25-17-7-5-4-6-14(17)18(22)20-13-8-9-16-15(12-13)19(23)21(2)10-11-24-16/h4-9,12H,3,10-11H2,1-2H3,(H,20,22). The molecule has 0 bridgehead atoms. The first-order valence-corrected chi connectivity index (χ1v) is 9.14. The molecule has 0 saturated heterocycles. The molecule has 2 aromatic carbocycles. The fraction of sp³-hybridized carbons (Fsp3) is 0.263. The van der Waals surface area contributed by atoms with Crippen LogP contribution in [0, 0.1) is 0 Å². The van der Waals surface area contributed by atoms with Crippen molar-refractivity contribution in [2.75, 3.05) is 31.3 Å². The number of ether oxygens (including phenoxy) is 1. The molecule has 0 aliphatic carbocycles. The second-order valence-corrected chi connectivity index (χ2v) is 6.98. The Bertz CT molecular complexity index is 807. The van der Waals surface area contributed by atoms with Crippen molar-refractivity contribution < 1.29 is 14.3 Å². The molecule has 0 radical (unpaired) electrons. The summed E-state index contributed by atoms with van der Waals surface area (Å²) in [6, 6.07) is 12.7. The Morgan fingerprint density at radius 2 is 2.08 bits per heavy atom. The van der Waals surface area contributed by atoms with Crippen molar-refractivity contribution in [1.29, 1.82) is 0 Å². The molecule has 2 aromatic rings. The number of nitrogens with one attached hydrogen (secondary N) is 1. The van der Waals surface area contributed by atoms with E-state index >= 15 is 0 Å². The predicted octanol–water partition coefficient (Wildman–Crippen LogP) is 3.52. The van der Waals surface area contributed by atoms with E-state index in [-0.39, 0.29) is 11.8 Å². The zero-order valence-corrected chi connectivity index (χ0v) is 15.1. The minimum absolute atomic E-state index is 0.106. The number of hydrogen-bond donors (Lipinski definition) is 1. The molecule has 2 amide bonds. The molecule has 1 aliphatic rings. The maximum absolute atomic E-state index is 12.6. The number of amides is 2. The van der Waals surface area contributed by atoms with E-state index in [9.17, 15) is 9.59 Å². The SMILES string of the molecule is CCSc1ccccc1C(=O)Nc1ccc2c(c1)C(=O)N(C)CCO2. The summed E-state index contributed by atoms with van der Waals surface area (Å²) in [5, 5.41) is 2.88. The van der Waals surface area contributed by atoms with E-state index in [1.165, 1.54) is 0 Å². The van der Waals surface area contributed by atoms with Crippen LogP contribution < -0.4 is 10.1 Å². The van der Waals surface area contributed by atoms with E-state index in [4.69, 9.17) is 4.74 Å². The maximum Gasteiger partial charge on any atom is 0.257 e. The van der Waals surface area contributed by atoms with Gasteiger partial charge in [-0.3, -0.25) is 9.59 Å². The first-order valence-electron chi connectivity index (χ1n) is 8.15. The zero-order chi connectivity index (χ0) is 17.8. The van der Waals surface area contributed by atoms with Crippen LogP contribution in [0.5, 0.6) is 5.75 Å². The fourth-order valence-corrected chi connectivity index (χ4v) is 3.44. The number of thioether (sulfide) groups is 1. The number of anilines is 1. The Morgan fingerprint density at radius 1 is 1.28 bits per heavy atom. The summed E-state index contributed by atoms with van der Waals surface area (Å²) < 4.78 is 5.61. The third kappa shape index (κ3) is 3.79. The van der Waals surface area contributed by atoms with Crippen LogP contribution in [0.25, 0.3) is 0 Å². The van der Waals surface area contributed by atoms with Gasteiger partial charge in [0.2, 0.25) is 0 Å². The van der Waals surface area contributed by atoms with Gasteiger partial charge in [-0.15, -0.1) is 11.8 Å². The lowest BCUT2D eigenvalue weighted by Crippen LogP contribution is -2.27. The summed E-state index contributed by atoms with van der Waals surface area (Å²) in [5.74, 6) is 1.15. The quantitative estimate of drug-likeness (QED) is 0.852. The molecule has 0 atom stereocenters. The van der Waals surface area contributed by atoms with Gasteiger partial charge in [0, 0.05) is 17.6 Å². The van der Waals surface area contributed by atoms with Crippen LogP contribution in [0.4, 0.5) is 5.69 Å². The number of carbonyl (C=O) groups excluding carboxylic acids is 2. The third-order valence-corrected chi connectivity index (χ3v) is 4.89. The summed E-state index contributed by atoms with van der Waals surface area (Å²) in [5.41, 5.74) is 1.67. The topological polar surface area (TPSA) is 58.6 Å². The van der Waals surface area contributed by atoms with Gasteiger partial charge in [0.1, 0.15) is 12.4 Å².